The lowest BCUT2D eigenvalue weighted by Gasteiger charge is -2.15. The van der Waals surface area contributed by atoms with Crippen molar-refractivity contribution in [3.05, 3.63) is 53.9 Å². The van der Waals surface area contributed by atoms with Crippen molar-refractivity contribution in [1.82, 2.24) is 20.1 Å². The van der Waals surface area contributed by atoms with Gasteiger partial charge in [-0.05, 0) is 19.1 Å². The van der Waals surface area contributed by atoms with E-state index in [0.717, 1.165) is 0 Å². The summed E-state index contributed by atoms with van der Waals surface area (Å²) >= 11 is 0. The Morgan fingerprint density at radius 3 is 2.30 bits per heavy atom. The summed E-state index contributed by atoms with van der Waals surface area (Å²) in [6.45, 7) is 1.60. The molecule has 0 spiro atoms. The van der Waals surface area contributed by atoms with Crippen LogP contribution < -0.4 is 0 Å². The molecule has 27 heavy (non-hydrogen) atoms. The Kier molecular flexibility index (Phi) is 3.28. The van der Waals surface area contributed by atoms with Crippen molar-refractivity contribution in [2.45, 2.75) is 19.1 Å². The van der Waals surface area contributed by atoms with Crippen molar-refractivity contribution in [3.63, 3.8) is 0 Å². The molecule has 0 radical (unpaired) electrons. The number of carbonyl (C=O) groups excluding carboxylic acids is 3. The number of imide groups is 1. The summed E-state index contributed by atoms with van der Waals surface area (Å²) in [4.78, 5) is 44.0. The Balaban J connectivity index is 1.38. The fourth-order valence-electron chi connectivity index (χ4n) is 3.74. The van der Waals surface area contributed by atoms with Gasteiger partial charge in [0.05, 0.1) is 35.4 Å². The van der Waals surface area contributed by atoms with Crippen LogP contribution in [0.4, 0.5) is 0 Å². The third-order valence-corrected chi connectivity index (χ3v) is 5.01. The highest BCUT2D eigenvalue weighted by molar-refractivity contribution is 6.07. The maximum Gasteiger partial charge on any atom is 0.385 e. The van der Waals surface area contributed by atoms with Gasteiger partial charge < -0.3 is 9.57 Å². The zero-order valence-electron chi connectivity index (χ0n) is 14.2. The second-order valence-electron chi connectivity index (χ2n) is 6.61. The lowest BCUT2D eigenvalue weighted by Crippen LogP contribution is -2.36. The van der Waals surface area contributed by atoms with Crippen LogP contribution in [0.3, 0.4) is 0 Å². The molecular formula is C18H14N4O5. The third kappa shape index (κ3) is 2.25. The number of ether oxygens (including phenoxy) is 1. The summed E-state index contributed by atoms with van der Waals surface area (Å²) in [5.41, 5.74) is 0.935. The molecule has 3 aliphatic heterocycles. The molecule has 4 atom stereocenters. The third-order valence-electron chi connectivity index (χ3n) is 5.01. The van der Waals surface area contributed by atoms with Gasteiger partial charge in [-0.2, -0.15) is 9.90 Å². The van der Waals surface area contributed by atoms with Crippen LogP contribution in [0.1, 0.15) is 16.2 Å². The number of fused-ring (bicyclic) bond motifs is 5. The molecule has 2 saturated heterocycles. The van der Waals surface area contributed by atoms with Crippen LogP contribution in [-0.4, -0.2) is 50.0 Å². The van der Waals surface area contributed by atoms with Gasteiger partial charge >= 0.3 is 5.97 Å². The van der Waals surface area contributed by atoms with Crippen molar-refractivity contribution in [2.24, 2.45) is 11.8 Å². The Hall–Kier alpha value is -3.33. The molecule has 0 saturated carbocycles. The minimum Gasteiger partial charge on any atom is -0.365 e. The summed E-state index contributed by atoms with van der Waals surface area (Å²) in [5, 5.41) is 8.87. The van der Waals surface area contributed by atoms with Crippen molar-refractivity contribution < 1.29 is 24.0 Å². The molecule has 1 aromatic heterocycles. The first kappa shape index (κ1) is 15.9. The van der Waals surface area contributed by atoms with E-state index in [1.54, 1.807) is 31.2 Å². The Morgan fingerprint density at radius 1 is 1.04 bits per heavy atom. The number of para-hydroxylation sites is 1. The van der Waals surface area contributed by atoms with E-state index in [4.69, 9.17) is 9.57 Å². The van der Waals surface area contributed by atoms with E-state index in [9.17, 15) is 14.4 Å². The largest absolute Gasteiger partial charge is 0.385 e. The molecule has 2 fully saturated rings. The number of carbonyl (C=O) groups is 3. The highest BCUT2D eigenvalue weighted by Gasteiger charge is 2.62. The molecule has 0 unspecified atom stereocenters. The Morgan fingerprint density at radius 2 is 1.67 bits per heavy atom. The first-order valence-electron chi connectivity index (χ1n) is 8.48. The van der Waals surface area contributed by atoms with Gasteiger partial charge in [0.2, 0.25) is 0 Å². The molecule has 4 heterocycles. The van der Waals surface area contributed by atoms with E-state index < -0.39 is 41.8 Å². The van der Waals surface area contributed by atoms with Gasteiger partial charge in [0.15, 0.2) is 5.69 Å². The SMILES string of the molecule is Cc1nn(-c2ccccc2)nc1C(=O)ON1C(=O)[C@H]2[C@H](C1=O)[C@H]1C=C[C@H]2O1. The Labute approximate surface area is 153 Å². The monoisotopic (exact) mass is 366 g/mol. The predicted octanol–water partition coefficient (Wildman–Crippen LogP) is 0.586. The van der Waals surface area contributed by atoms with E-state index in [0.29, 0.717) is 16.4 Å². The highest BCUT2D eigenvalue weighted by atomic mass is 16.7. The highest BCUT2D eigenvalue weighted by Crippen LogP contribution is 2.45. The molecule has 0 aliphatic carbocycles. The van der Waals surface area contributed by atoms with Crippen LogP contribution in [0.2, 0.25) is 0 Å². The maximum absolute atomic E-state index is 12.5. The lowest BCUT2D eigenvalue weighted by atomic mass is 9.85. The van der Waals surface area contributed by atoms with Crippen LogP contribution in [0.15, 0.2) is 42.5 Å². The number of nitrogens with zero attached hydrogens (tertiary/aromatic N) is 4. The topological polar surface area (TPSA) is 104 Å². The van der Waals surface area contributed by atoms with Gasteiger partial charge in [-0.25, -0.2) is 4.79 Å². The molecular weight excluding hydrogens is 352 g/mol. The first-order valence-corrected chi connectivity index (χ1v) is 8.48. The van der Waals surface area contributed by atoms with Crippen LogP contribution in [0, 0.1) is 18.8 Å². The van der Waals surface area contributed by atoms with Gasteiger partial charge in [-0.3, -0.25) is 9.59 Å². The maximum atomic E-state index is 12.5. The Bertz CT molecular complexity index is 968. The van der Waals surface area contributed by atoms with Gasteiger partial charge in [0.25, 0.3) is 11.8 Å². The van der Waals surface area contributed by atoms with E-state index in [2.05, 4.69) is 10.2 Å². The minimum atomic E-state index is -0.905. The number of rotatable bonds is 3. The summed E-state index contributed by atoms with van der Waals surface area (Å²) in [5.74, 6) is -3.31. The average Bonchev–Trinajstić information content (AvgIpc) is 3.43. The summed E-state index contributed by atoms with van der Waals surface area (Å²) in [6, 6.07) is 9.05. The van der Waals surface area contributed by atoms with Crippen LogP contribution in [0.5, 0.6) is 0 Å². The summed E-state index contributed by atoms with van der Waals surface area (Å²) in [7, 11) is 0. The number of aromatic nitrogens is 3. The predicted molar refractivity (Wildman–Crippen MR) is 88.1 cm³/mol. The smallest absolute Gasteiger partial charge is 0.365 e. The molecule has 5 rings (SSSR count). The number of hydrogen-bond donors (Lipinski definition) is 0. The van der Waals surface area contributed by atoms with Gasteiger partial charge in [0, 0.05) is 0 Å². The van der Waals surface area contributed by atoms with E-state index in [1.165, 1.54) is 4.80 Å². The second-order valence-corrected chi connectivity index (χ2v) is 6.61. The van der Waals surface area contributed by atoms with Crippen molar-refractivity contribution >= 4 is 17.8 Å². The second kappa shape index (κ2) is 5.58. The molecule has 3 aliphatic rings. The van der Waals surface area contributed by atoms with Crippen LogP contribution >= 0.6 is 0 Å². The molecule has 2 aromatic rings. The summed E-state index contributed by atoms with van der Waals surface area (Å²) < 4.78 is 5.54. The fraction of sp³-hybridized carbons (Fsp3) is 0.278. The summed E-state index contributed by atoms with van der Waals surface area (Å²) in [6.07, 6.45) is 2.64. The fourth-order valence-corrected chi connectivity index (χ4v) is 3.74. The lowest BCUT2D eigenvalue weighted by molar-refractivity contribution is -0.177. The average molecular weight is 366 g/mol. The molecule has 136 valence electrons. The molecule has 9 nitrogen and oxygen atoms in total. The molecule has 0 N–H and O–H groups in total. The van der Waals surface area contributed by atoms with Gasteiger partial charge in [0.1, 0.15) is 0 Å². The standard InChI is InChI=1S/C18H14N4O5/c1-9-15(20-22(19-9)10-5-3-2-4-6-10)18(25)27-21-16(23)13-11-7-8-12(26-11)14(13)17(21)24/h2-8,11-14H,1H3/t11-,12-,13-,14-/m1/s1. The molecule has 1 aromatic carbocycles. The first-order chi connectivity index (χ1) is 13.0. The molecule has 9 heteroatoms. The zero-order chi connectivity index (χ0) is 18.7. The quantitative estimate of drug-likeness (QED) is 0.578. The van der Waals surface area contributed by atoms with E-state index in [1.807, 2.05) is 18.2 Å². The number of aryl methyl sites for hydroxylation is 1. The normalized spacial score (nSPS) is 28.1. The van der Waals surface area contributed by atoms with E-state index >= 15 is 0 Å². The van der Waals surface area contributed by atoms with Gasteiger partial charge in [-0.15, -0.1) is 10.2 Å². The number of hydroxylamine groups is 2. The number of benzene rings is 1. The molecule has 2 amide bonds. The number of amides is 2. The van der Waals surface area contributed by atoms with Crippen LogP contribution in [-0.2, 0) is 19.2 Å². The van der Waals surface area contributed by atoms with Crippen LogP contribution in [0.25, 0.3) is 5.69 Å². The van der Waals surface area contributed by atoms with E-state index in [-0.39, 0.29) is 5.69 Å². The van der Waals surface area contributed by atoms with Crippen molar-refractivity contribution in [3.8, 4) is 5.69 Å². The molecule has 2 bridgehead atoms. The van der Waals surface area contributed by atoms with Crippen molar-refractivity contribution in [1.29, 1.82) is 0 Å². The number of hydrogen-bond acceptors (Lipinski definition) is 7. The minimum absolute atomic E-state index is 0.0612. The van der Waals surface area contributed by atoms with Crippen molar-refractivity contribution in [2.75, 3.05) is 0 Å². The zero-order valence-corrected chi connectivity index (χ0v) is 14.2. The van der Waals surface area contributed by atoms with Gasteiger partial charge in [-0.1, -0.05) is 30.4 Å².